The van der Waals surface area contributed by atoms with E-state index in [1.54, 1.807) is 11.6 Å². The Morgan fingerprint density at radius 2 is 1.81 bits per heavy atom. The van der Waals surface area contributed by atoms with Crippen LogP contribution in [0.1, 0.15) is 43.7 Å². The summed E-state index contributed by atoms with van der Waals surface area (Å²) in [5.41, 5.74) is 4.26. The fourth-order valence-electron chi connectivity index (χ4n) is 4.40. The molecule has 0 amide bonds. The van der Waals surface area contributed by atoms with Gasteiger partial charge < -0.3 is 9.47 Å². The van der Waals surface area contributed by atoms with Crippen molar-refractivity contribution in [2.24, 2.45) is 7.05 Å². The number of carbonyl (C=O) groups is 1. The van der Waals surface area contributed by atoms with Crippen LogP contribution in [-0.2, 0) is 13.6 Å². The molecule has 4 aromatic rings. The first kappa shape index (κ1) is 20.4. The van der Waals surface area contributed by atoms with Crippen molar-refractivity contribution in [2.75, 3.05) is 18.0 Å². The van der Waals surface area contributed by atoms with Gasteiger partial charge in [0.05, 0.1) is 5.69 Å². The number of hydrogen-bond donors (Lipinski definition) is 0. The number of aryl methyl sites for hydroxylation is 2. The molecule has 8 heteroatoms. The SMILES string of the molecule is CCn1c(C(C)=O)nc2c(N3CCCCC3)nc(-c3cccc(-c4ccn(C)n4)c3)nc21. The molecule has 0 unspecified atom stereocenters. The number of aromatic nitrogens is 6. The molecular formula is C24H27N7O. The second-order valence-corrected chi connectivity index (χ2v) is 8.28. The van der Waals surface area contributed by atoms with E-state index in [1.807, 2.05) is 49.0 Å². The Balaban J connectivity index is 1.70. The Hall–Kier alpha value is -3.55. The zero-order valence-corrected chi connectivity index (χ0v) is 18.7. The van der Waals surface area contributed by atoms with E-state index in [9.17, 15) is 4.79 Å². The van der Waals surface area contributed by atoms with Crippen molar-refractivity contribution in [1.82, 2.24) is 29.3 Å². The molecule has 0 N–H and O–H groups in total. The summed E-state index contributed by atoms with van der Waals surface area (Å²) >= 11 is 0. The standard InChI is InChI=1S/C24H27N7O/c1-4-31-22(16(2)32)25-20-23(30-12-6-5-7-13-30)26-21(27-24(20)31)18-10-8-9-17(15-18)19-11-14-29(3)28-19/h8-11,14-15H,4-7,12-13H2,1-3H3. The number of Topliss-reactive ketones (excluding diaryl/α,β-unsaturated/α-hetero) is 1. The third-order valence-corrected chi connectivity index (χ3v) is 5.99. The van der Waals surface area contributed by atoms with E-state index in [4.69, 9.17) is 15.0 Å². The van der Waals surface area contributed by atoms with Gasteiger partial charge in [-0.2, -0.15) is 5.10 Å². The van der Waals surface area contributed by atoms with Crippen molar-refractivity contribution in [1.29, 1.82) is 0 Å². The molecule has 0 aliphatic carbocycles. The molecule has 0 bridgehead atoms. The largest absolute Gasteiger partial charge is 0.355 e. The van der Waals surface area contributed by atoms with Gasteiger partial charge in [-0.15, -0.1) is 0 Å². The lowest BCUT2D eigenvalue weighted by Crippen LogP contribution is -2.30. The van der Waals surface area contributed by atoms with Gasteiger partial charge in [0, 0.05) is 50.9 Å². The summed E-state index contributed by atoms with van der Waals surface area (Å²) in [4.78, 5) is 29.2. The molecule has 32 heavy (non-hydrogen) atoms. The van der Waals surface area contributed by atoms with Crippen molar-refractivity contribution in [3.63, 3.8) is 0 Å². The lowest BCUT2D eigenvalue weighted by molar-refractivity contribution is 0.1000. The van der Waals surface area contributed by atoms with Gasteiger partial charge in [-0.3, -0.25) is 9.48 Å². The maximum absolute atomic E-state index is 12.3. The number of anilines is 1. The topological polar surface area (TPSA) is 81.7 Å². The van der Waals surface area contributed by atoms with E-state index < -0.39 is 0 Å². The summed E-state index contributed by atoms with van der Waals surface area (Å²) in [6.45, 7) is 6.06. The molecule has 164 valence electrons. The van der Waals surface area contributed by atoms with Gasteiger partial charge in [-0.1, -0.05) is 18.2 Å². The van der Waals surface area contributed by atoms with Gasteiger partial charge in [0.25, 0.3) is 0 Å². The number of fused-ring (bicyclic) bond motifs is 1. The summed E-state index contributed by atoms with van der Waals surface area (Å²) in [5, 5.41) is 4.52. The summed E-state index contributed by atoms with van der Waals surface area (Å²) in [6.07, 6.45) is 5.42. The number of hydrogen-bond acceptors (Lipinski definition) is 6. The van der Waals surface area contributed by atoms with Crippen LogP contribution in [0.2, 0.25) is 0 Å². The van der Waals surface area contributed by atoms with Gasteiger partial charge in [0.1, 0.15) is 0 Å². The molecule has 3 aromatic heterocycles. The maximum atomic E-state index is 12.3. The van der Waals surface area contributed by atoms with Crippen molar-refractivity contribution >= 4 is 22.8 Å². The molecule has 0 saturated carbocycles. The first-order valence-electron chi connectivity index (χ1n) is 11.2. The first-order chi connectivity index (χ1) is 15.5. The van der Waals surface area contributed by atoms with E-state index >= 15 is 0 Å². The number of carbonyl (C=O) groups excluding carboxylic acids is 1. The zero-order chi connectivity index (χ0) is 22.2. The van der Waals surface area contributed by atoms with Crippen molar-refractivity contribution in [3.05, 3.63) is 42.4 Å². The molecule has 8 nitrogen and oxygen atoms in total. The fraction of sp³-hybridized carbons (Fsp3) is 0.375. The zero-order valence-electron chi connectivity index (χ0n) is 18.7. The highest BCUT2D eigenvalue weighted by atomic mass is 16.1. The Labute approximate surface area is 186 Å². The predicted octanol–water partition coefficient (Wildman–Crippen LogP) is 4.11. The number of nitrogens with zero attached hydrogens (tertiary/aromatic N) is 7. The Morgan fingerprint density at radius 3 is 2.50 bits per heavy atom. The molecule has 4 heterocycles. The van der Waals surface area contributed by atoms with Gasteiger partial charge in [0.2, 0.25) is 0 Å². The van der Waals surface area contributed by atoms with Gasteiger partial charge in [-0.25, -0.2) is 15.0 Å². The maximum Gasteiger partial charge on any atom is 0.195 e. The lowest BCUT2D eigenvalue weighted by Gasteiger charge is -2.28. The highest BCUT2D eigenvalue weighted by molar-refractivity contribution is 5.96. The first-order valence-corrected chi connectivity index (χ1v) is 11.2. The predicted molar refractivity (Wildman–Crippen MR) is 125 cm³/mol. The van der Waals surface area contributed by atoms with Crippen LogP contribution >= 0.6 is 0 Å². The molecular weight excluding hydrogens is 402 g/mol. The number of imidazole rings is 1. The number of ketones is 1. The molecule has 0 spiro atoms. The monoisotopic (exact) mass is 429 g/mol. The number of rotatable bonds is 5. The van der Waals surface area contributed by atoms with Crippen molar-refractivity contribution < 1.29 is 4.79 Å². The molecule has 1 fully saturated rings. The van der Waals surface area contributed by atoms with Crippen LogP contribution in [0.4, 0.5) is 5.82 Å². The Morgan fingerprint density at radius 1 is 1.03 bits per heavy atom. The van der Waals surface area contributed by atoms with Gasteiger partial charge in [0.15, 0.2) is 34.4 Å². The van der Waals surface area contributed by atoms with Gasteiger partial charge >= 0.3 is 0 Å². The highest BCUT2D eigenvalue weighted by Gasteiger charge is 2.24. The van der Waals surface area contributed by atoms with Crippen LogP contribution in [0, 0.1) is 0 Å². The number of piperidine rings is 1. The Kier molecular flexibility index (Phi) is 5.20. The minimum atomic E-state index is -0.0619. The smallest absolute Gasteiger partial charge is 0.195 e. The fourth-order valence-corrected chi connectivity index (χ4v) is 4.40. The van der Waals surface area contributed by atoms with E-state index in [-0.39, 0.29) is 5.78 Å². The summed E-state index contributed by atoms with van der Waals surface area (Å²) in [6, 6.07) is 10.1. The Bertz CT molecular complexity index is 1300. The van der Waals surface area contributed by atoms with Crippen LogP contribution < -0.4 is 4.90 Å². The summed E-state index contributed by atoms with van der Waals surface area (Å²) < 4.78 is 3.70. The van der Waals surface area contributed by atoms with E-state index in [0.29, 0.717) is 29.4 Å². The summed E-state index contributed by atoms with van der Waals surface area (Å²) in [7, 11) is 1.91. The van der Waals surface area contributed by atoms with Gasteiger partial charge in [-0.05, 0) is 38.3 Å². The minimum Gasteiger partial charge on any atom is -0.355 e. The van der Waals surface area contributed by atoms with E-state index in [2.05, 4.69) is 16.1 Å². The third kappa shape index (κ3) is 3.55. The normalized spacial score (nSPS) is 14.3. The quantitative estimate of drug-likeness (QED) is 0.444. The van der Waals surface area contributed by atoms with Crippen LogP contribution in [-0.4, -0.2) is 48.2 Å². The molecule has 1 saturated heterocycles. The van der Waals surface area contributed by atoms with Crippen LogP contribution in [0.25, 0.3) is 33.8 Å². The molecule has 1 aromatic carbocycles. The average Bonchev–Trinajstić information content (AvgIpc) is 3.42. The molecule has 1 aliphatic rings. The van der Waals surface area contributed by atoms with Crippen LogP contribution in [0.15, 0.2) is 36.5 Å². The van der Waals surface area contributed by atoms with Crippen LogP contribution in [0.3, 0.4) is 0 Å². The average molecular weight is 430 g/mol. The van der Waals surface area contributed by atoms with E-state index in [1.165, 1.54) is 6.42 Å². The second kappa shape index (κ2) is 8.18. The molecule has 0 radical (unpaired) electrons. The summed E-state index contributed by atoms with van der Waals surface area (Å²) in [5.74, 6) is 1.84. The van der Waals surface area contributed by atoms with Crippen molar-refractivity contribution in [3.8, 4) is 22.6 Å². The minimum absolute atomic E-state index is 0.0619. The van der Waals surface area contributed by atoms with E-state index in [0.717, 1.165) is 48.6 Å². The molecule has 0 atom stereocenters. The molecule has 1 aliphatic heterocycles. The second-order valence-electron chi connectivity index (χ2n) is 8.28. The number of benzene rings is 1. The molecule has 5 rings (SSSR count). The third-order valence-electron chi connectivity index (χ3n) is 5.99. The lowest BCUT2D eigenvalue weighted by atomic mass is 10.1. The highest BCUT2D eigenvalue weighted by Crippen LogP contribution is 2.31. The van der Waals surface area contributed by atoms with Crippen LogP contribution in [0.5, 0.6) is 0 Å². The van der Waals surface area contributed by atoms with Crippen molar-refractivity contribution in [2.45, 2.75) is 39.7 Å².